The molecule has 1 aliphatic heterocycles. The third-order valence-electron chi connectivity index (χ3n) is 6.09. The second kappa shape index (κ2) is 10.4. The maximum atomic E-state index is 13.0. The first-order valence-corrected chi connectivity index (χ1v) is 11.9. The summed E-state index contributed by atoms with van der Waals surface area (Å²) in [5.41, 5.74) is 5.43. The van der Waals surface area contributed by atoms with Gasteiger partial charge in [0.1, 0.15) is 0 Å². The molecule has 0 spiro atoms. The Balaban J connectivity index is 1.30. The highest BCUT2D eigenvalue weighted by atomic mass is 16.2. The minimum Gasteiger partial charge on any atom is -0.339 e. The Kier molecular flexibility index (Phi) is 6.66. The monoisotopic (exact) mass is 478 g/mol. The summed E-state index contributed by atoms with van der Waals surface area (Å²) in [6, 6.07) is 20.7. The van der Waals surface area contributed by atoms with E-state index in [9.17, 15) is 9.59 Å². The number of fused-ring (bicyclic) bond motifs is 3. The van der Waals surface area contributed by atoms with E-state index in [1.165, 1.54) is 0 Å². The van der Waals surface area contributed by atoms with Crippen molar-refractivity contribution >= 4 is 29.1 Å². The maximum absolute atomic E-state index is 13.0. The molecule has 3 heterocycles. The van der Waals surface area contributed by atoms with Crippen LogP contribution in [-0.2, 0) is 17.6 Å². The zero-order valence-electron chi connectivity index (χ0n) is 19.9. The van der Waals surface area contributed by atoms with Gasteiger partial charge in [0, 0.05) is 60.0 Å². The van der Waals surface area contributed by atoms with Crippen LogP contribution in [0.1, 0.15) is 28.5 Å². The molecule has 0 fully saturated rings. The van der Waals surface area contributed by atoms with Crippen LogP contribution < -0.4 is 10.6 Å². The van der Waals surface area contributed by atoms with Gasteiger partial charge in [-0.3, -0.25) is 14.6 Å². The van der Waals surface area contributed by atoms with Crippen LogP contribution in [-0.4, -0.2) is 44.8 Å². The summed E-state index contributed by atoms with van der Waals surface area (Å²) in [5.74, 6) is 0.310. The number of aromatic nitrogens is 3. The lowest BCUT2D eigenvalue weighted by Gasteiger charge is -2.21. The second-order valence-electron chi connectivity index (χ2n) is 8.50. The predicted octanol–water partition coefficient (Wildman–Crippen LogP) is 4.48. The average Bonchev–Trinajstić information content (AvgIpc) is 3.05. The molecule has 8 nitrogen and oxygen atoms in total. The number of carbonyl (C=O) groups is 2. The number of pyridine rings is 1. The lowest BCUT2D eigenvalue weighted by atomic mass is 10.1. The van der Waals surface area contributed by atoms with Gasteiger partial charge in [0.25, 0.3) is 5.91 Å². The predicted molar refractivity (Wildman–Crippen MR) is 139 cm³/mol. The molecule has 0 unspecified atom stereocenters. The summed E-state index contributed by atoms with van der Waals surface area (Å²) in [5, 5.41) is 6.13. The van der Waals surface area contributed by atoms with E-state index in [-0.39, 0.29) is 18.2 Å². The quantitative estimate of drug-likeness (QED) is 0.406. The van der Waals surface area contributed by atoms with E-state index in [1.807, 2.05) is 66.4 Å². The lowest BCUT2D eigenvalue weighted by Crippen LogP contribution is -2.32. The van der Waals surface area contributed by atoms with Crippen LogP contribution in [0.3, 0.4) is 0 Å². The number of likely N-dealkylation sites (N-methyl/N-ethyl adjacent to an activating group) is 1. The van der Waals surface area contributed by atoms with Crippen molar-refractivity contribution in [3.63, 3.8) is 0 Å². The van der Waals surface area contributed by atoms with Gasteiger partial charge < -0.3 is 15.5 Å². The first-order valence-electron chi connectivity index (χ1n) is 11.9. The molecule has 0 atom stereocenters. The van der Waals surface area contributed by atoms with Gasteiger partial charge in [-0.15, -0.1) is 0 Å². The molecule has 8 heteroatoms. The number of nitrogens with one attached hydrogen (secondary N) is 2. The second-order valence-corrected chi connectivity index (χ2v) is 8.50. The Morgan fingerprint density at radius 3 is 2.61 bits per heavy atom. The Morgan fingerprint density at radius 1 is 1.03 bits per heavy atom. The summed E-state index contributed by atoms with van der Waals surface area (Å²) < 4.78 is 0. The number of hydrogen-bond donors (Lipinski definition) is 2. The van der Waals surface area contributed by atoms with E-state index in [4.69, 9.17) is 4.98 Å². The molecule has 0 bridgehead atoms. The Hall–Kier alpha value is -4.59. The summed E-state index contributed by atoms with van der Waals surface area (Å²) in [6.07, 6.45) is 4.38. The fourth-order valence-electron chi connectivity index (χ4n) is 4.20. The van der Waals surface area contributed by atoms with E-state index in [0.29, 0.717) is 31.0 Å². The maximum Gasteiger partial charge on any atom is 0.253 e. The van der Waals surface area contributed by atoms with Crippen LogP contribution in [0.4, 0.5) is 17.3 Å². The minimum absolute atomic E-state index is 0.0185. The van der Waals surface area contributed by atoms with E-state index >= 15 is 0 Å². The standard InChI is InChI=1S/C28H26N6O2/c1-2-34(16-14-21-7-5-6-15-29-21)27(36)19-10-12-22(13-11-19)31-28-30-18-20-17-25(35)32-24-9-4-3-8-23(24)26(20)33-28/h3-13,15,18H,2,14,16-17H2,1H3,(H,32,35)(H,30,31,33). The van der Waals surface area contributed by atoms with Gasteiger partial charge in [-0.2, -0.15) is 0 Å². The number of hydrogen-bond acceptors (Lipinski definition) is 6. The first kappa shape index (κ1) is 23.2. The molecule has 2 N–H and O–H groups in total. The molecule has 0 radical (unpaired) electrons. The largest absolute Gasteiger partial charge is 0.339 e. The first-order chi connectivity index (χ1) is 17.6. The Morgan fingerprint density at radius 2 is 1.83 bits per heavy atom. The molecular weight excluding hydrogens is 452 g/mol. The number of anilines is 3. The van der Waals surface area contributed by atoms with Crippen molar-refractivity contribution in [1.29, 1.82) is 0 Å². The Labute approximate surface area is 209 Å². The topological polar surface area (TPSA) is 100 Å². The third-order valence-corrected chi connectivity index (χ3v) is 6.09. The highest BCUT2D eigenvalue weighted by molar-refractivity contribution is 6.00. The summed E-state index contributed by atoms with van der Waals surface area (Å²) in [7, 11) is 0. The van der Waals surface area contributed by atoms with Crippen LogP contribution >= 0.6 is 0 Å². The molecule has 0 saturated carbocycles. The smallest absolute Gasteiger partial charge is 0.253 e. The van der Waals surface area contributed by atoms with Crippen molar-refractivity contribution < 1.29 is 9.59 Å². The fraction of sp³-hybridized carbons (Fsp3) is 0.179. The average molecular weight is 479 g/mol. The van der Waals surface area contributed by atoms with Gasteiger partial charge in [0.15, 0.2) is 0 Å². The van der Waals surface area contributed by atoms with Crippen LogP contribution in [0, 0.1) is 0 Å². The van der Waals surface area contributed by atoms with Crippen molar-refractivity contribution in [1.82, 2.24) is 19.9 Å². The van der Waals surface area contributed by atoms with Gasteiger partial charge in [-0.05, 0) is 49.4 Å². The van der Waals surface area contributed by atoms with Crippen LogP contribution in [0.15, 0.2) is 79.1 Å². The number of rotatable bonds is 7. The van der Waals surface area contributed by atoms with E-state index in [2.05, 4.69) is 20.6 Å². The summed E-state index contributed by atoms with van der Waals surface area (Å²) in [4.78, 5) is 40.5. The summed E-state index contributed by atoms with van der Waals surface area (Å²) >= 11 is 0. The third kappa shape index (κ3) is 5.07. The molecule has 0 saturated heterocycles. The number of para-hydroxylation sites is 1. The fourth-order valence-corrected chi connectivity index (χ4v) is 4.20. The van der Waals surface area contributed by atoms with Crippen LogP contribution in [0.5, 0.6) is 0 Å². The summed E-state index contributed by atoms with van der Waals surface area (Å²) in [6.45, 7) is 3.20. The minimum atomic E-state index is -0.0908. The van der Waals surface area contributed by atoms with Gasteiger partial charge in [0.2, 0.25) is 11.9 Å². The van der Waals surface area contributed by atoms with Gasteiger partial charge in [0.05, 0.1) is 17.8 Å². The van der Waals surface area contributed by atoms with Crippen molar-refractivity contribution in [3.8, 4) is 11.3 Å². The number of nitrogens with zero attached hydrogens (tertiary/aromatic N) is 4. The highest BCUT2D eigenvalue weighted by Crippen LogP contribution is 2.32. The van der Waals surface area contributed by atoms with Crippen molar-refractivity contribution in [2.75, 3.05) is 23.7 Å². The zero-order valence-corrected chi connectivity index (χ0v) is 19.9. The van der Waals surface area contributed by atoms with Gasteiger partial charge in [-0.1, -0.05) is 24.3 Å². The molecule has 36 heavy (non-hydrogen) atoms. The van der Waals surface area contributed by atoms with Gasteiger partial charge in [-0.25, -0.2) is 9.97 Å². The molecule has 2 amide bonds. The van der Waals surface area contributed by atoms with Crippen LogP contribution in [0.2, 0.25) is 0 Å². The number of benzene rings is 2. The van der Waals surface area contributed by atoms with E-state index in [0.717, 1.165) is 33.9 Å². The normalized spacial score (nSPS) is 12.1. The molecule has 1 aliphatic rings. The molecular formula is C28H26N6O2. The lowest BCUT2D eigenvalue weighted by molar-refractivity contribution is -0.115. The number of carbonyl (C=O) groups excluding carboxylic acids is 2. The molecule has 5 rings (SSSR count). The van der Waals surface area contributed by atoms with Gasteiger partial charge >= 0.3 is 0 Å². The van der Waals surface area contributed by atoms with Crippen molar-refractivity contribution in [2.24, 2.45) is 0 Å². The molecule has 180 valence electrons. The van der Waals surface area contributed by atoms with E-state index < -0.39 is 0 Å². The SMILES string of the molecule is CCN(CCc1ccccn1)C(=O)c1ccc(Nc2ncc3c(n2)-c2ccccc2NC(=O)C3)cc1. The van der Waals surface area contributed by atoms with Crippen molar-refractivity contribution in [3.05, 3.63) is 95.9 Å². The molecule has 0 aliphatic carbocycles. The molecule has 2 aromatic heterocycles. The Bertz CT molecular complexity index is 1390. The molecule has 2 aromatic carbocycles. The molecule has 4 aromatic rings. The highest BCUT2D eigenvalue weighted by Gasteiger charge is 2.21. The van der Waals surface area contributed by atoms with Crippen molar-refractivity contribution in [2.45, 2.75) is 19.8 Å². The zero-order chi connectivity index (χ0) is 24.9. The van der Waals surface area contributed by atoms with Crippen LogP contribution in [0.25, 0.3) is 11.3 Å². The van der Waals surface area contributed by atoms with E-state index in [1.54, 1.807) is 24.5 Å². The number of amides is 2.